The Morgan fingerprint density at radius 1 is 1.20 bits per heavy atom. The summed E-state index contributed by atoms with van der Waals surface area (Å²) in [5.74, 6) is -2.26. The van der Waals surface area contributed by atoms with Crippen molar-refractivity contribution in [3.05, 3.63) is 42.0 Å². The van der Waals surface area contributed by atoms with Crippen LogP contribution in [0.3, 0.4) is 0 Å². The number of aliphatic carboxylic acids is 2. The van der Waals surface area contributed by atoms with E-state index in [-0.39, 0.29) is 5.75 Å². The van der Waals surface area contributed by atoms with E-state index in [2.05, 4.69) is 15.0 Å². The molecule has 0 unspecified atom stereocenters. The van der Waals surface area contributed by atoms with Crippen LogP contribution in [0.5, 0.6) is 5.75 Å². The summed E-state index contributed by atoms with van der Waals surface area (Å²) in [5.41, 5.74) is 0.789. The van der Waals surface area contributed by atoms with E-state index in [4.69, 9.17) is 14.9 Å². The van der Waals surface area contributed by atoms with E-state index in [0.717, 1.165) is 38.0 Å². The molecule has 8 nitrogen and oxygen atoms in total. The van der Waals surface area contributed by atoms with E-state index in [1.165, 1.54) is 0 Å². The third kappa shape index (κ3) is 10.8. The monoisotopic (exact) mass is 430 g/mol. The molecule has 0 aromatic heterocycles. The topological polar surface area (TPSA) is 108 Å². The molecule has 10 heteroatoms. The number of piperidine rings is 1. The smallest absolute Gasteiger partial charge is 0.387 e. The lowest BCUT2D eigenvalue weighted by Gasteiger charge is -2.34. The molecule has 168 valence electrons. The Balaban J connectivity index is 0.000000479. The minimum absolute atomic E-state index is 0.258. The molecule has 3 N–H and O–H groups in total. The number of ether oxygens (including phenoxy) is 2. The largest absolute Gasteiger partial charge is 0.478 e. The van der Waals surface area contributed by atoms with E-state index in [9.17, 15) is 18.4 Å². The first kappa shape index (κ1) is 25.5. The highest BCUT2D eigenvalue weighted by Crippen LogP contribution is 2.24. The summed E-state index contributed by atoms with van der Waals surface area (Å²) in [6, 6.07) is 7.45. The van der Waals surface area contributed by atoms with E-state index in [0.29, 0.717) is 31.3 Å². The number of hydrogen-bond donors (Lipinski definition) is 3. The number of rotatable bonds is 10. The van der Waals surface area contributed by atoms with Crippen LogP contribution in [0.15, 0.2) is 36.4 Å². The average Bonchev–Trinajstić information content (AvgIpc) is 2.71. The number of alkyl halides is 2. The number of carboxylic acid groups (broad SMARTS) is 2. The second-order valence-electron chi connectivity index (χ2n) is 6.44. The van der Waals surface area contributed by atoms with Crippen LogP contribution in [0.2, 0.25) is 0 Å². The Hall–Kier alpha value is -2.56. The maximum absolute atomic E-state index is 12.5. The highest BCUT2D eigenvalue weighted by molar-refractivity contribution is 5.89. The Labute approximate surface area is 174 Å². The molecule has 2 rings (SSSR count). The summed E-state index contributed by atoms with van der Waals surface area (Å²) in [6.07, 6.45) is 3.23. The summed E-state index contributed by atoms with van der Waals surface area (Å²) in [5, 5.41) is 19.0. The maximum Gasteiger partial charge on any atom is 0.387 e. The Kier molecular flexibility index (Phi) is 12.3. The van der Waals surface area contributed by atoms with Crippen LogP contribution in [0.25, 0.3) is 0 Å². The maximum atomic E-state index is 12.5. The lowest BCUT2D eigenvalue weighted by molar-refractivity contribution is -0.134. The SMILES string of the molecule is COCCN(Cc1ccccc1OC(F)F)C1CCNCC1.O=C(O)C=CC(=O)O. The van der Waals surface area contributed by atoms with Crippen molar-refractivity contribution < 1.29 is 38.1 Å². The second kappa shape index (κ2) is 14.4. The van der Waals surface area contributed by atoms with Crippen LogP contribution < -0.4 is 10.1 Å². The van der Waals surface area contributed by atoms with Gasteiger partial charge in [-0.05, 0) is 32.0 Å². The van der Waals surface area contributed by atoms with Crippen molar-refractivity contribution in [3.8, 4) is 5.75 Å². The van der Waals surface area contributed by atoms with Gasteiger partial charge in [0.25, 0.3) is 0 Å². The number of hydrogen-bond acceptors (Lipinski definition) is 6. The van der Waals surface area contributed by atoms with E-state index in [1.54, 1.807) is 19.2 Å². The van der Waals surface area contributed by atoms with Gasteiger partial charge in [-0.25, -0.2) is 9.59 Å². The number of carboxylic acids is 2. The van der Waals surface area contributed by atoms with Gasteiger partial charge in [-0.1, -0.05) is 18.2 Å². The van der Waals surface area contributed by atoms with Gasteiger partial charge in [0.05, 0.1) is 6.61 Å². The molecule has 0 bridgehead atoms. The minimum Gasteiger partial charge on any atom is -0.478 e. The van der Waals surface area contributed by atoms with Gasteiger partial charge in [0.15, 0.2) is 0 Å². The van der Waals surface area contributed by atoms with Crippen LogP contribution in [0, 0.1) is 0 Å². The average molecular weight is 430 g/mol. The predicted molar refractivity (Wildman–Crippen MR) is 106 cm³/mol. The number of para-hydroxylation sites is 1. The van der Waals surface area contributed by atoms with Gasteiger partial charge in [-0.15, -0.1) is 0 Å². The molecule has 0 amide bonds. The molecule has 1 aromatic carbocycles. The van der Waals surface area contributed by atoms with E-state index < -0.39 is 18.6 Å². The van der Waals surface area contributed by atoms with Crippen molar-refractivity contribution >= 4 is 11.9 Å². The van der Waals surface area contributed by atoms with Gasteiger partial charge in [0, 0.05) is 44.0 Å². The summed E-state index contributed by atoms with van der Waals surface area (Å²) >= 11 is 0. The highest BCUT2D eigenvalue weighted by Gasteiger charge is 2.22. The molecule has 30 heavy (non-hydrogen) atoms. The second-order valence-corrected chi connectivity index (χ2v) is 6.44. The van der Waals surface area contributed by atoms with Crippen molar-refractivity contribution in [3.63, 3.8) is 0 Å². The molecule has 1 aromatic rings. The molecule has 1 heterocycles. The van der Waals surface area contributed by atoms with Crippen molar-refractivity contribution in [2.24, 2.45) is 0 Å². The Bertz CT molecular complexity index is 665. The predicted octanol–water partition coefficient (Wildman–Crippen LogP) is 2.20. The van der Waals surface area contributed by atoms with Crippen LogP contribution >= 0.6 is 0 Å². The molecule has 1 aliphatic rings. The molecule has 0 spiro atoms. The van der Waals surface area contributed by atoms with Gasteiger partial charge < -0.3 is 25.0 Å². The first-order valence-corrected chi connectivity index (χ1v) is 9.43. The number of nitrogens with zero attached hydrogens (tertiary/aromatic N) is 1. The summed E-state index contributed by atoms with van der Waals surface area (Å²) in [6.45, 7) is 1.18. The summed E-state index contributed by atoms with van der Waals surface area (Å²) in [4.78, 5) is 21.4. The number of benzene rings is 1. The number of halogens is 2. The van der Waals surface area contributed by atoms with Gasteiger partial charge in [-0.3, -0.25) is 4.90 Å². The van der Waals surface area contributed by atoms with Gasteiger partial charge in [-0.2, -0.15) is 8.78 Å². The third-order valence-corrected chi connectivity index (χ3v) is 4.34. The fourth-order valence-corrected chi connectivity index (χ4v) is 2.98. The Morgan fingerprint density at radius 2 is 1.80 bits per heavy atom. The number of nitrogens with one attached hydrogen (secondary N) is 1. The molecular weight excluding hydrogens is 402 g/mol. The molecule has 0 atom stereocenters. The zero-order valence-electron chi connectivity index (χ0n) is 16.8. The van der Waals surface area contributed by atoms with Gasteiger partial charge >= 0.3 is 18.6 Å². The fraction of sp³-hybridized carbons (Fsp3) is 0.500. The van der Waals surface area contributed by atoms with Gasteiger partial charge in [0.1, 0.15) is 5.75 Å². The number of carbonyl (C=O) groups is 2. The third-order valence-electron chi connectivity index (χ3n) is 4.34. The molecule has 1 fully saturated rings. The molecule has 1 saturated heterocycles. The molecular formula is C20H28F2N2O6. The minimum atomic E-state index is -2.80. The van der Waals surface area contributed by atoms with Crippen molar-refractivity contribution in [1.29, 1.82) is 0 Å². The molecule has 0 saturated carbocycles. The first-order valence-electron chi connectivity index (χ1n) is 9.43. The summed E-state index contributed by atoms with van der Waals surface area (Å²) in [7, 11) is 1.68. The zero-order chi connectivity index (χ0) is 22.4. The van der Waals surface area contributed by atoms with Crippen LogP contribution in [-0.4, -0.2) is 73.1 Å². The van der Waals surface area contributed by atoms with Crippen LogP contribution in [0.1, 0.15) is 18.4 Å². The Morgan fingerprint density at radius 3 is 2.33 bits per heavy atom. The quantitative estimate of drug-likeness (QED) is 0.485. The lowest BCUT2D eigenvalue weighted by Crippen LogP contribution is -2.44. The van der Waals surface area contributed by atoms with Crippen molar-refractivity contribution in [1.82, 2.24) is 10.2 Å². The highest BCUT2D eigenvalue weighted by atomic mass is 19.3. The van der Waals surface area contributed by atoms with Crippen molar-refractivity contribution in [2.45, 2.75) is 32.0 Å². The first-order chi connectivity index (χ1) is 14.3. The summed E-state index contributed by atoms with van der Waals surface area (Å²) < 4.78 is 34.9. The van der Waals surface area contributed by atoms with Crippen LogP contribution in [-0.2, 0) is 20.9 Å². The molecule has 0 radical (unpaired) electrons. The normalized spacial score (nSPS) is 14.6. The lowest BCUT2D eigenvalue weighted by atomic mass is 10.0. The van der Waals surface area contributed by atoms with E-state index >= 15 is 0 Å². The zero-order valence-corrected chi connectivity index (χ0v) is 16.8. The number of methoxy groups -OCH3 is 1. The van der Waals surface area contributed by atoms with Gasteiger partial charge in [0.2, 0.25) is 0 Å². The molecule has 0 aliphatic carbocycles. The standard InChI is InChI=1S/C16H24F2N2O2.C4H4O4/c1-21-11-10-20(14-6-8-19-9-7-14)12-13-4-2-3-5-15(13)22-16(17)18;5-3(6)1-2-4(7)8/h2-5,14,16,19H,6-12H2,1H3;1-2H,(H,5,6)(H,7,8). The molecule has 1 aliphatic heterocycles. The fourth-order valence-electron chi connectivity index (χ4n) is 2.98. The van der Waals surface area contributed by atoms with Crippen LogP contribution in [0.4, 0.5) is 8.78 Å². The van der Waals surface area contributed by atoms with E-state index in [1.807, 2.05) is 12.1 Å². The van der Waals surface area contributed by atoms with Crippen molar-refractivity contribution in [2.75, 3.05) is 33.4 Å².